The molecule has 0 N–H and O–H groups in total. The molecule has 3 aromatic rings. The van der Waals surface area contributed by atoms with Crippen LogP contribution >= 0.6 is 0 Å². The zero-order valence-corrected chi connectivity index (χ0v) is 13.7. The van der Waals surface area contributed by atoms with Crippen molar-refractivity contribution in [1.29, 1.82) is 0 Å². The molecule has 2 aromatic carbocycles. The molecule has 0 unspecified atom stereocenters. The Bertz CT molecular complexity index is 973. The molecule has 1 aliphatic heterocycles. The highest BCUT2D eigenvalue weighted by atomic mass is 16.5. The molecule has 2 heterocycles. The van der Waals surface area contributed by atoms with Crippen LogP contribution in [0.3, 0.4) is 0 Å². The Hall–Kier alpha value is -3.67. The molecule has 0 atom stereocenters. The van der Waals surface area contributed by atoms with E-state index in [-0.39, 0.29) is 0 Å². The van der Waals surface area contributed by atoms with E-state index in [1.165, 1.54) is 0 Å². The minimum absolute atomic E-state index is 0.322. The molecule has 0 saturated carbocycles. The minimum atomic E-state index is -0.601. The highest BCUT2D eigenvalue weighted by Gasteiger charge is 2.35. The van der Waals surface area contributed by atoms with Crippen LogP contribution in [0.2, 0.25) is 0 Å². The lowest BCUT2D eigenvalue weighted by atomic mass is 10.1. The number of hydrogen-bond donors (Lipinski definition) is 0. The van der Waals surface area contributed by atoms with E-state index in [0.29, 0.717) is 16.7 Å². The average Bonchev–Trinajstić information content (AvgIpc) is 3.29. The second kappa shape index (κ2) is 6.33. The zero-order valence-electron chi connectivity index (χ0n) is 13.7. The van der Waals surface area contributed by atoms with Crippen molar-refractivity contribution < 1.29 is 19.1 Å². The van der Waals surface area contributed by atoms with Crippen LogP contribution in [0.5, 0.6) is 0 Å². The van der Waals surface area contributed by atoms with Crippen LogP contribution in [0.25, 0.3) is 5.69 Å². The fourth-order valence-corrected chi connectivity index (χ4v) is 2.86. The maximum atomic E-state index is 12.3. The second-order valence-electron chi connectivity index (χ2n) is 5.79. The molecule has 0 fully saturated rings. The van der Waals surface area contributed by atoms with Gasteiger partial charge in [-0.1, -0.05) is 18.2 Å². The van der Waals surface area contributed by atoms with Gasteiger partial charge in [-0.3, -0.25) is 9.59 Å². The Kier molecular flexibility index (Phi) is 3.85. The highest BCUT2D eigenvalue weighted by molar-refractivity contribution is 6.21. The van der Waals surface area contributed by atoms with Crippen LogP contribution in [0.4, 0.5) is 0 Å². The predicted molar refractivity (Wildman–Crippen MR) is 93.0 cm³/mol. The van der Waals surface area contributed by atoms with Gasteiger partial charge in [0.2, 0.25) is 0 Å². The number of amides is 2. The van der Waals surface area contributed by atoms with Gasteiger partial charge in [0, 0.05) is 18.1 Å². The average molecular weight is 346 g/mol. The lowest BCUT2D eigenvalue weighted by molar-refractivity contribution is 0.0228. The van der Waals surface area contributed by atoms with E-state index in [1.54, 1.807) is 42.5 Å². The summed E-state index contributed by atoms with van der Waals surface area (Å²) >= 11 is 0. The first-order chi connectivity index (χ1) is 12.6. The molecular formula is C20H14N2O4. The van der Waals surface area contributed by atoms with Crippen molar-refractivity contribution in [3.05, 3.63) is 89.7 Å². The summed E-state index contributed by atoms with van der Waals surface area (Å²) in [6.45, 7) is -0.418. The number of carbonyl (C=O) groups is 3. The van der Waals surface area contributed by atoms with Crippen LogP contribution in [-0.2, 0) is 4.74 Å². The number of rotatable bonds is 4. The lowest BCUT2D eigenvalue weighted by Gasteiger charge is -2.14. The fraction of sp³-hybridized carbons (Fsp3) is 0.0500. The molecule has 0 radical (unpaired) electrons. The van der Waals surface area contributed by atoms with E-state index in [2.05, 4.69) is 0 Å². The number of esters is 1. The van der Waals surface area contributed by atoms with E-state index in [9.17, 15) is 14.4 Å². The third-order valence-electron chi connectivity index (χ3n) is 4.19. The van der Waals surface area contributed by atoms with E-state index in [0.717, 1.165) is 10.6 Å². The van der Waals surface area contributed by atoms with E-state index in [1.807, 2.05) is 35.2 Å². The maximum absolute atomic E-state index is 12.3. The number of nitrogens with zero attached hydrogens (tertiary/aromatic N) is 2. The van der Waals surface area contributed by atoms with Crippen LogP contribution in [0, 0.1) is 0 Å². The molecule has 4 rings (SSSR count). The Morgan fingerprint density at radius 2 is 1.50 bits per heavy atom. The summed E-state index contributed by atoms with van der Waals surface area (Å²) in [6, 6.07) is 17.2. The molecule has 26 heavy (non-hydrogen) atoms. The van der Waals surface area contributed by atoms with Crippen molar-refractivity contribution in [3.63, 3.8) is 0 Å². The maximum Gasteiger partial charge on any atom is 0.339 e. The highest BCUT2D eigenvalue weighted by Crippen LogP contribution is 2.22. The Morgan fingerprint density at radius 3 is 2.15 bits per heavy atom. The summed E-state index contributed by atoms with van der Waals surface area (Å²) in [6.07, 6.45) is 3.73. The van der Waals surface area contributed by atoms with Gasteiger partial charge in [-0.05, 0) is 42.5 Å². The van der Waals surface area contributed by atoms with Crippen molar-refractivity contribution in [2.45, 2.75) is 0 Å². The molecule has 6 heteroatoms. The molecule has 0 spiro atoms. The van der Waals surface area contributed by atoms with Gasteiger partial charge in [0.1, 0.15) is 0 Å². The van der Waals surface area contributed by atoms with Gasteiger partial charge in [0.25, 0.3) is 11.8 Å². The largest absolute Gasteiger partial charge is 0.440 e. The van der Waals surface area contributed by atoms with Crippen molar-refractivity contribution in [1.82, 2.24) is 9.47 Å². The van der Waals surface area contributed by atoms with Gasteiger partial charge < -0.3 is 9.30 Å². The summed E-state index contributed by atoms with van der Waals surface area (Å²) in [4.78, 5) is 37.8. The van der Waals surface area contributed by atoms with Gasteiger partial charge in [0.15, 0.2) is 6.73 Å². The number of imide groups is 1. The van der Waals surface area contributed by atoms with Gasteiger partial charge in [-0.25, -0.2) is 9.69 Å². The first kappa shape index (κ1) is 15.8. The van der Waals surface area contributed by atoms with Crippen LogP contribution in [-0.4, -0.2) is 34.0 Å². The molecule has 1 aromatic heterocycles. The van der Waals surface area contributed by atoms with E-state index >= 15 is 0 Å². The normalized spacial score (nSPS) is 13.0. The number of hydrogen-bond acceptors (Lipinski definition) is 4. The Balaban J connectivity index is 1.48. The summed E-state index contributed by atoms with van der Waals surface area (Å²) in [7, 11) is 0. The van der Waals surface area contributed by atoms with Crippen LogP contribution in [0.15, 0.2) is 73.1 Å². The predicted octanol–water partition coefficient (Wildman–Crippen LogP) is 2.89. The van der Waals surface area contributed by atoms with Crippen LogP contribution in [0.1, 0.15) is 31.1 Å². The smallest absolute Gasteiger partial charge is 0.339 e. The van der Waals surface area contributed by atoms with Crippen molar-refractivity contribution in [2.24, 2.45) is 0 Å². The monoisotopic (exact) mass is 346 g/mol. The van der Waals surface area contributed by atoms with Gasteiger partial charge in [-0.2, -0.15) is 0 Å². The number of benzene rings is 2. The molecule has 0 bridgehead atoms. The van der Waals surface area contributed by atoms with Crippen LogP contribution < -0.4 is 0 Å². The summed E-state index contributed by atoms with van der Waals surface area (Å²) in [5.41, 5.74) is 1.80. The molecule has 2 amide bonds. The molecule has 0 aliphatic carbocycles. The fourth-order valence-electron chi connectivity index (χ4n) is 2.86. The summed E-state index contributed by atoms with van der Waals surface area (Å²) in [5.74, 6) is -1.52. The third kappa shape index (κ3) is 2.67. The topological polar surface area (TPSA) is 68.6 Å². The van der Waals surface area contributed by atoms with E-state index in [4.69, 9.17) is 4.74 Å². The van der Waals surface area contributed by atoms with Gasteiger partial charge in [-0.15, -0.1) is 0 Å². The first-order valence-corrected chi connectivity index (χ1v) is 8.01. The van der Waals surface area contributed by atoms with Gasteiger partial charge in [0.05, 0.1) is 16.7 Å². The number of aromatic nitrogens is 1. The molecule has 0 saturated heterocycles. The second-order valence-corrected chi connectivity index (χ2v) is 5.79. The van der Waals surface area contributed by atoms with Gasteiger partial charge >= 0.3 is 5.97 Å². The Labute approximate surface area is 149 Å². The number of carbonyl (C=O) groups excluding carboxylic acids is 3. The standard InChI is InChI=1S/C20H14N2O4/c23-18-16-8-1-2-9-17(16)19(24)22(18)13-26-20(25)14-6-5-7-15(12-14)21-10-3-4-11-21/h1-12H,13H2. The summed E-state index contributed by atoms with van der Waals surface area (Å²) in [5, 5.41) is 0. The summed E-state index contributed by atoms with van der Waals surface area (Å²) < 4.78 is 7.05. The molecular weight excluding hydrogens is 332 g/mol. The third-order valence-corrected chi connectivity index (χ3v) is 4.19. The van der Waals surface area contributed by atoms with E-state index < -0.39 is 24.5 Å². The zero-order chi connectivity index (χ0) is 18.1. The number of ether oxygens (including phenoxy) is 1. The molecule has 6 nitrogen and oxygen atoms in total. The van der Waals surface area contributed by atoms with Crippen molar-refractivity contribution >= 4 is 17.8 Å². The molecule has 1 aliphatic rings. The quantitative estimate of drug-likeness (QED) is 0.538. The molecule has 128 valence electrons. The van der Waals surface area contributed by atoms with Crippen molar-refractivity contribution in [2.75, 3.05) is 6.73 Å². The van der Waals surface area contributed by atoms with Crippen molar-refractivity contribution in [3.8, 4) is 5.69 Å². The lowest BCUT2D eigenvalue weighted by Crippen LogP contribution is -2.33. The SMILES string of the molecule is O=C(OCN1C(=O)c2ccccc2C1=O)c1cccc(-n2cccc2)c1. The minimum Gasteiger partial charge on any atom is -0.440 e. The Morgan fingerprint density at radius 1 is 0.846 bits per heavy atom. The first-order valence-electron chi connectivity index (χ1n) is 8.01. The number of fused-ring (bicyclic) bond motifs is 1.